The number of fused-ring (bicyclic) bond motifs is 6. The van der Waals surface area contributed by atoms with E-state index in [1.807, 2.05) is 0 Å². The van der Waals surface area contributed by atoms with Gasteiger partial charge in [-0.2, -0.15) is 0 Å². The standard InChI is InChI=1S/C63H46N2/c1-63(2)59-30-14-12-28-55(59)56-35-33-53(42-60(56)63)64(54-39-49(43-18-6-3-7-19-43)37-50(40-54)44-20-8-4-9-21-44)52-27-17-24-47(38-52)45-22-16-23-46(36-45)48-32-34-58-57-29-13-15-31-61(57)65(62(58)41-48)51-25-10-5-11-26-51/h3-42H,1-2H3. The van der Waals surface area contributed by atoms with Crippen LogP contribution in [0.2, 0.25) is 0 Å². The molecule has 0 spiro atoms. The third-order valence-electron chi connectivity index (χ3n) is 13.5. The lowest BCUT2D eigenvalue weighted by Crippen LogP contribution is -2.16. The van der Waals surface area contributed by atoms with Gasteiger partial charge in [-0.25, -0.2) is 0 Å². The lowest BCUT2D eigenvalue weighted by atomic mass is 9.82. The highest BCUT2D eigenvalue weighted by atomic mass is 15.1. The molecule has 0 saturated heterocycles. The van der Waals surface area contributed by atoms with Gasteiger partial charge in [0.1, 0.15) is 0 Å². The normalized spacial score (nSPS) is 12.6. The molecule has 11 aromatic rings. The quantitative estimate of drug-likeness (QED) is 0.148. The number of hydrogen-bond donors (Lipinski definition) is 0. The zero-order valence-electron chi connectivity index (χ0n) is 36.5. The molecule has 0 radical (unpaired) electrons. The lowest BCUT2D eigenvalue weighted by molar-refractivity contribution is 0.660. The Morgan fingerprint density at radius 2 is 0.815 bits per heavy atom. The molecule has 2 heteroatoms. The van der Waals surface area contributed by atoms with Crippen molar-refractivity contribution in [3.05, 3.63) is 254 Å². The van der Waals surface area contributed by atoms with Crippen molar-refractivity contribution in [3.63, 3.8) is 0 Å². The van der Waals surface area contributed by atoms with Crippen molar-refractivity contribution in [3.8, 4) is 61.3 Å². The van der Waals surface area contributed by atoms with E-state index in [2.05, 4.69) is 266 Å². The summed E-state index contributed by atoms with van der Waals surface area (Å²) in [6, 6.07) is 89.0. The minimum absolute atomic E-state index is 0.143. The number of hydrogen-bond acceptors (Lipinski definition) is 1. The number of nitrogens with zero attached hydrogens (tertiary/aromatic N) is 2. The average molecular weight is 831 g/mol. The Kier molecular flexibility index (Phi) is 9.21. The number of anilines is 3. The van der Waals surface area contributed by atoms with Crippen molar-refractivity contribution in [2.24, 2.45) is 0 Å². The van der Waals surface area contributed by atoms with Gasteiger partial charge in [0.05, 0.1) is 11.0 Å². The van der Waals surface area contributed by atoms with Crippen molar-refractivity contribution in [1.29, 1.82) is 0 Å². The van der Waals surface area contributed by atoms with Crippen LogP contribution in [0.3, 0.4) is 0 Å². The summed E-state index contributed by atoms with van der Waals surface area (Å²) in [6.07, 6.45) is 0. The summed E-state index contributed by atoms with van der Waals surface area (Å²) in [5, 5.41) is 2.51. The highest BCUT2D eigenvalue weighted by Gasteiger charge is 2.36. The molecule has 0 amide bonds. The molecule has 0 bridgehead atoms. The van der Waals surface area contributed by atoms with Gasteiger partial charge in [-0.05, 0) is 140 Å². The molecule has 12 rings (SSSR count). The van der Waals surface area contributed by atoms with Gasteiger partial charge in [-0.3, -0.25) is 0 Å². The third kappa shape index (κ3) is 6.65. The van der Waals surface area contributed by atoms with Crippen molar-refractivity contribution >= 4 is 38.9 Å². The van der Waals surface area contributed by atoms with Crippen LogP contribution in [-0.4, -0.2) is 4.57 Å². The van der Waals surface area contributed by atoms with Gasteiger partial charge in [0.2, 0.25) is 0 Å². The van der Waals surface area contributed by atoms with E-state index in [0.717, 1.165) is 28.3 Å². The number of aromatic nitrogens is 1. The number of para-hydroxylation sites is 2. The van der Waals surface area contributed by atoms with Gasteiger partial charge in [0.15, 0.2) is 0 Å². The van der Waals surface area contributed by atoms with E-state index in [1.54, 1.807) is 0 Å². The Hall–Kier alpha value is -8.20. The van der Waals surface area contributed by atoms with Gasteiger partial charge in [-0.15, -0.1) is 0 Å². The Balaban J connectivity index is 1.01. The summed E-state index contributed by atoms with van der Waals surface area (Å²) < 4.78 is 2.39. The summed E-state index contributed by atoms with van der Waals surface area (Å²) in [4.78, 5) is 2.46. The Morgan fingerprint density at radius 1 is 0.308 bits per heavy atom. The smallest absolute Gasteiger partial charge is 0.0547 e. The van der Waals surface area contributed by atoms with E-state index in [-0.39, 0.29) is 5.41 Å². The maximum atomic E-state index is 2.46. The second kappa shape index (κ2) is 15.6. The highest BCUT2D eigenvalue weighted by Crippen LogP contribution is 2.51. The Morgan fingerprint density at radius 3 is 1.54 bits per heavy atom. The first-order chi connectivity index (χ1) is 32.0. The monoisotopic (exact) mass is 830 g/mol. The van der Waals surface area contributed by atoms with E-state index < -0.39 is 0 Å². The van der Waals surface area contributed by atoms with Crippen LogP contribution >= 0.6 is 0 Å². The lowest BCUT2D eigenvalue weighted by Gasteiger charge is -2.29. The summed E-state index contributed by atoms with van der Waals surface area (Å²) >= 11 is 0. The van der Waals surface area contributed by atoms with Crippen LogP contribution < -0.4 is 4.90 Å². The summed E-state index contributed by atoms with van der Waals surface area (Å²) in [5.41, 5.74) is 21.5. The summed E-state index contributed by atoms with van der Waals surface area (Å²) in [7, 11) is 0. The van der Waals surface area contributed by atoms with Crippen LogP contribution in [0.25, 0.3) is 83.1 Å². The highest BCUT2D eigenvalue weighted by molar-refractivity contribution is 6.10. The fourth-order valence-electron chi connectivity index (χ4n) is 10.3. The van der Waals surface area contributed by atoms with E-state index in [4.69, 9.17) is 0 Å². The van der Waals surface area contributed by atoms with E-state index in [9.17, 15) is 0 Å². The molecule has 0 atom stereocenters. The molecular formula is C63H46N2. The maximum Gasteiger partial charge on any atom is 0.0547 e. The van der Waals surface area contributed by atoms with Crippen LogP contribution in [0.4, 0.5) is 17.1 Å². The first-order valence-corrected chi connectivity index (χ1v) is 22.6. The van der Waals surface area contributed by atoms with Crippen molar-refractivity contribution in [2.45, 2.75) is 19.3 Å². The molecule has 1 aliphatic rings. The van der Waals surface area contributed by atoms with Crippen LogP contribution in [0, 0.1) is 0 Å². The maximum absolute atomic E-state index is 2.46. The van der Waals surface area contributed by atoms with Gasteiger partial charge in [0.25, 0.3) is 0 Å². The van der Waals surface area contributed by atoms with Crippen molar-refractivity contribution < 1.29 is 0 Å². The molecule has 0 saturated carbocycles. The molecule has 0 aliphatic heterocycles. The second-order valence-electron chi connectivity index (χ2n) is 17.8. The Bertz CT molecular complexity index is 3500. The fraction of sp³-hybridized carbons (Fsp3) is 0.0476. The van der Waals surface area contributed by atoms with Gasteiger partial charge in [0, 0.05) is 38.9 Å². The molecule has 0 fully saturated rings. The van der Waals surface area contributed by atoms with Crippen molar-refractivity contribution in [2.75, 3.05) is 4.90 Å². The van der Waals surface area contributed by atoms with Crippen LogP contribution in [0.5, 0.6) is 0 Å². The summed E-state index contributed by atoms with van der Waals surface area (Å²) in [5.74, 6) is 0. The number of rotatable bonds is 8. The third-order valence-corrected chi connectivity index (χ3v) is 13.5. The molecule has 1 heterocycles. The predicted octanol–water partition coefficient (Wildman–Crippen LogP) is 17.2. The van der Waals surface area contributed by atoms with Crippen LogP contribution in [0.1, 0.15) is 25.0 Å². The molecule has 2 nitrogen and oxygen atoms in total. The fourth-order valence-corrected chi connectivity index (χ4v) is 10.3. The summed E-state index contributed by atoms with van der Waals surface area (Å²) in [6.45, 7) is 4.73. The first-order valence-electron chi connectivity index (χ1n) is 22.6. The molecule has 10 aromatic carbocycles. The SMILES string of the molecule is CC1(C)c2ccccc2-c2ccc(N(c3cccc(-c4cccc(-c5ccc6c7ccccc7n(-c7ccccc7)c6c5)c4)c3)c3cc(-c4ccccc4)cc(-c4ccccc4)c3)cc21. The largest absolute Gasteiger partial charge is 0.310 e. The molecule has 308 valence electrons. The zero-order valence-corrected chi connectivity index (χ0v) is 36.5. The van der Waals surface area contributed by atoms with Crippen LogP contribution in [0.15, 0.2) is 243 Å². The zero-order chi connectivity index (χ0) is 43.5. The number of benzene rings is 10. The first kappa shape index (κ1) is 38.5. The molecule has 1 aliphatic carbocycles. The van der Waals surface area contributed by atoms with E-state index >= 15 is 0 Å². The minimum atomic E-state index is -0.143. The second-order valence-corrected chi connectivity index (χ2v) is 17.8. The average Bonchev–Trinajstić information content (AvgIpc) is 3.82. The topological polar surface area (TPSA) is 8.17 Å². The van der Waals surface area contributed by atoms with Gasteiger partial charge < -0.3 is 9.47 Å². The van der Waals surface area contributed by atoms with Crippen LogP contribution in [-0.2, 0) is 5.41 Å². The van der Waals surface area contributed by atoms with Gasteiger partial charge >= 0.3 is 0 Å². The molecule has 1 aromatic heterocycles. The predicted molar refractivity (Wildman–Crippen MR) is 275 cm³/mol. The Labute approximate surface area is 381 Å². The van der Waals surface area contributed by atoms with Gasteiger partial charge in [-0.1, -0.05) is 184 Å². The minimum Gasteiger partial charge on any atom is -0.310 e. The van der Waals surface area contributed by atoms with Crippen molar-refractivity contribution in [1.82, 2.24) is 4.57 Å². The van der Waals surface area contributed by atoms with E-state index in [1.165, 1.54) is 83.0 Å². The van der Waals surface area contributed by atoms with E-state index in [0.29, 0.717) is 0 Å². The molecule has 65 heavy (non-hydrogen) atoms. The molecule has 0 unspecified atom stereocenters. The molecule has 0 N–H and O–H groups in total. The molecular weight excluding hydrogens is 785 g/mol.